The SMILES string of the molecule is CC(C)C1[P+](C)(C)P(C)CP(C)CP(C)P1(C)(C)C. The van der Waals surface area contributed by atoms with Crippen molar-refractivity contribution < 1.29 is 0 Å². The van der Waals surface area contributed by atoms with Crippen molar-refractivity contribution in [2.75, 3.05) is 65.1 Å². The van der Waals surface area contributed by atoms with Gasteiger partial charge < -0.3 is 0 Å². The molecule has 4 atom stereocenters. The van der Waals surface area contributed by atoms with Gasteiger partial charge in [-0.1, -0.05) is 0 Å². The van der Waals surface area contributed by atoms with Crippen molar-refractivity contribution in [3.63, 3.8) is 0 Å². The van der Waals surface area contributed by atoms with Gasteiger partial charge in [0.1, 0.15) is 0 Å². The molecular weight excluding hydrogens is 323 g/mol. The van der Waals surface area contributed by atoms with Gasteiger partial charge in [0.2, 0.25) is 0 Å². The minimum absolute atomic E-state index is 0.248. The maximum atomic E-state index is 2.75. The number of hydrogen-bond donors (Lipinski definition) is 0. The Morgan fingerprint density at radius 2 is 1.47 bits per heavy atom. The van der Waals surface area contributed by atoms with Crippen LogP contribution < -0.4 is 0 Å². The summed E-state index contributed by atoms with van der Waals surface area (Å²) >= 11 is 0. The summed E-state index contributed by atoms with van der Waals surface area (Å²) in [5, 5.41) is 1.06. The average Bonchev–Trinajstić information content (AvgIpc) is 2.12. The second kappa shape index (κ2) is 5.98. The van der Waals surface area contributed by atoms with Gasteiger partial charge in [-0.15, -0.1) is 0 Å². The van der Waals surface area contributed by atoms with E-state index in [-0.39, 0.29) is 15.2 Å². The zero-order valence-electron chi connectivity index (χ0n) is 14.8. The zero-order chi connectivity index (χ0) is 15.2. The van der Waals surface area contributed by atoms with E-state index in [4.69, 9.17) is 0 Å². The Kier molecular flexibility index (Phi) is 6.04. The molecule has 1 fully saturated rings. The fourth-order valence-corrected chi connectivity index (χ4v) is 50.7. The first-order valence-corrected chi connectivity index (χ1v) is 21.2. The van der Waals surface area contributed by atoms with Crippen LogP contribution in [0.15, 0.2) is 0 Å². The predicted molar refractivity (Wildman–Crippen MR) is 110 cm³/mol. The summed E-state index contributed by atoms with van der Waals surface area (Å²) in [5.74, 6) is 4.09. The third kappa shape index (κ3) is 3.74. The van der Waals surface area contributed by atoms with Crippen LogP contribution in [0.4, 0.5) is 0 Å². The first-order chi connectivity index (χ1) is 8.29. The maximum absolute atomic E-state index is 2.75. The van der Waals surface area contributed by atoms with Crippen molar-refractivity contribution in [3.8, 4) is 0 Å². The summed E-state index contributed by atoms with van der Waals surface area (Å²) in [6.07, 6.45) is -1.53. The molecule has 0 amide bonds. The molecule has 0 aromatic heterocycles. The molecule has 0 nitrogen and oxygen atoms in total. The second-order valence-corrected chi connectivity index (χ2v) is 36.7. The van der Waals surface area contributed by atoms with Gasteiger partial charge in [0, 0.05) is 0 Å². The van der Waals surface area contributed by atoms with Crippen molar-refractivity contribution >= 4 is 36.4 Å². The van der Waals surface area contributed by atoms with E-state index >= 15 is 0 Å². The zero-order valence-corrected chi connectivity index (χ0v) is 19.3. The van der Waals surface area contributed by atoms with Crippen LogP contribution in [0.1, 0.15) is 13.8 Å². The molecule has 1 heterocycles. The summed E-state index contributed by atoms with van der Waals surface area (Å²) in [7, 11) is 0.849. The Morgan fingerprint density at radius 1 is 1.00 bits per heavy atom. The first-order valence-electron chi connectivity index (χ1n) is 7.25. The van der Waals surface area contributed by atoms with Crippen LogP contribution in [0.2, 0.25) is 0 Å². The van der Waals surface area contributed by atoms with Crippen LogP contribution in [0.5, 0.6) is 0 Å². The van der Waals surface area contributed by atoms with Gasteiger partial charge >= 0.3 is 127 Å². The topological polar surface area (TPSA) is 0 Å². The van der Waals surface area contributed by atoms with Crippen molar-refractivity contribution in [1.82, 2.24) is 0 Å². The predicted octanol–water partition coefficient (Wildman–Crippen LogP) is 6.78. The van der Waals surface area contributed by atoms with Crippen LogP contribution in [0, 0.1) is 5.92 Å². The van der Waals surface area contributed by atoms with E-state index in [9.17, 15) is 0 Å². The molecule has 0 saturated carbocycles. The van der Waals surface area contributed by atoms with Crippen molar-refractivity contribution in [1.29, 1.82) is 0 Å². The molecule has 0 aromatic carbocycles. The molecule has 0 aliphatic carbocycles. The molecular formula is C14H36P5+. The molecule has 0 N–H and O–H groups in total. The second-order valence-electron chi connectivity index (χ2n) is 8.42. The van der Waals surface area contributed by atoms with Gasteiger partial charge in [0.05, 0.1) is 0 Å². The third-order valence-corrected chi connectivity index (χ3v) is 42.4. The first kappa shape index (κ1) is 19.2. The average molecular weight is 359 g/mol. The number of rotatable bonds is 1. The van der Waals surface area contributed by atoms with Crippen molar-refractivity contribution in [3.05, 3.63) is 0 Å². The van der Waals surface area contributed by atoms with Crippen LogP contribution in [0.3, 0.4) is 0 Å². The van der Waals surface area contributed by atoms with E-state index in [1.54, 1.807) is 11.8 Å². The summed E-state index contributed by atoms with van der Waals surface area (Å²) in [4.78, 5) is 0. The van der Waals surface area contributed by atoms with Crippen LogP contribution in [-0.2, 0) is 0 Å². The van der Waals surface area contributed by atoms with Gasteiger partial charge in [-0.3, -0.25) is 0 Å². The molecule has 1 rings (SSSR count). The molecule has 0 aromatic rings. The molecule has 1 saturated heterocycles. The van der Waals surface area contributed by atoms with Gasteiger partial charge in [-0.2, -0.15) is 0 Å². The molecule has 1 aliphatic rings. The van der Waals surface area contributed by atoms with E-state index in [2.05, 4.69) is 67.2 Å². The van der Waals surface area contributed by atoms with Crippen molar-refractivity contribution in [2.45, 2.75) is 19.2 Å². The van der Waals surface area contributed by atoms with E-state index < -0.39 is 13.2 Å². The van der Waals surface area contributed by atoms with Gasteiger partial charge in [-0.05, 0) is 0 Å². The Labute approximate surface area is 127 Å². The molecule has 0 spiro atoms. The Balaban J connectivity index is 3.40. The van der Waals surface area contributed by atoms with Gasteiger partial charge in [0.25, 0.3) is 0 Å². The van der Waals surface area contributed by atoms with Crippen LogP contribution in [-0.4, -0.2) is 70.5 Å². The van der Waals surface area contributed by atoms with Crippen LogP contribution in [0.25, 0.3) is 0 Å². The molecule has 116 valence electrons. The van der Waals surface area contributed by atoms with Gasteiger partial charge in [0.15, 0.2) is 0 Å². The fraction of sp³-hybridized carbons (Fsp3) is 1.00. The van der Waals surface area contributed by atoms with E-state index in [1.807, 2.05) is 0 Å². The van der Waals surface area contributed by atoms with E-state index in [0.29, 0.717) is 7.92 Å². The monoisotopic (exact) mass is 359 g/mol. The van der Waals surface area contributed by atoms with Gasteiger partial charge in [-0.25, -0.2) is 0 Å². The van der Waals surface area contributed by atoms with E-state index in [1.165, 1.54) is 0 Å². The summed E-state index contributed by atoms with van der Waals surface area (Å²) in [6, 6.07) is 0. The molecule has 4 unspecified atom stereocenters. The summed E-state index contributed by atoms with van der Waals surface area (Å²) in [6.45, 7) is 25.9. The minimum atomic E-state index is -1.53. The van der Waals surface area contributed by atoms with Crippen molar-refractivity contribution in [2.24, 2.45) is 5.92 Å². The quantitative estimate of drug-likeness (QED) is 0.453. The van der Waals surface area contributed by atoms with Crippen LogP contribution >= 0.6 is 36.4 Å². The standard InChI is InChI=1S/C14H36P5/c1-13(2)14-18(6,7)16(4)11-15(3)12-17(5)19(14,8,9)10/h13-14H,11-12H2,1-10H3/q+1. The Bertz CT molecular complexity index is 328. The Morgan fingerprint density at radius 3 is 1.89 bits per heavy atom. The number of hydrogen-bond acceptors (Lipinski definition) is 0. The Hall–Kier alpha value is 2.15. The summed E-state index contributed by atoms with van der Waals surface area (Å²) in [5.41, 5.74) is 0. The molecule has 0 radical (unpaired) electrons. The summed E-state index contributed by atoms with van der Waals surface area (Å²) < 4.78 is 0. The normalized spacial score (nSPS) is 43.8. The molecule has 0 bridgehead atoms. The van der Waals surface area contributed by atoms with E-state index in [0.717, 1.165) is 11.3 Å². The third-order valence-electron chi connectivity index (χ3n) is 5.15. The molecule has 19 heavy (non-hydrogen) atoms. The molecule has 1 aliphatic heterocycles. The molecule has 5 heteroatoms. The fourth-order valence-electron chi connectivity index (χ4n) is 4.27.